The maximum atomic E-state index is 11.4. The van der Waals surface area contributed by atoms with Gasteiger partial charge in [0.05, 0.1) is 26.4 Å². The summed E-state index contributed by atoms with van der Waals surface area (Å²) in [5.41, 5.74) is 0. The Kier molecular flexibility index (Phi) is 9.37. The molecule has 0 heterocycles. The number of carbonyl (C=O) groups is 2. The number of likely N-dealkylation sites (N-methyl/N-ethyl adjacent to an activating group) is 1. The zero-order chi connectivity index (χ0) is 13.1. The lowest BCUT2D eigenvalue weighted by Gasteiger charge is -2.16. The molecule has 100 valence electrons. The summed E-state index contributed by atoms with van der Waals surface area (Å²) >= 11 is 0. The van der Waals surface area contributed by atoms with Crippen LogP contribution in [0.3, 0.4) is 0 Å². The molecule has 0 aliphatic rings. The van der Waals surface area contributed by atoms with E-state index in [1.807, 2.05) is 6.92 Å². The van der Waals surface area contributed by atoms with Gasteiger partial charge in [-0.3, -0.25) is 9.59 Å². The van der Waals surface area contributed by atoms with Crippen molar-refractivity contribution in [1.82, 2.24) is 10.2 Å². The minimum Gasteiger partial charge on any atom is -0.394 e. The van der Waals surface area contributed by atoms with Gasteiger partial charge in [-0.1, -0.05) is 6.92 Å². The highest BCUT2D eigenvalue weighted by Crippen LogP contribution is 1.93. The Morgan fingerprint density at radius 1 is 1.35 bits per heavy atom. The SMILES string of the molecule is CCCC(=O)N(C)CC(=O)NCCOCCO. The van der Waals surface area contributed by atoms with Crippen molar-refractivity contribution in [3.05, 3.63) is 0 Å². The zero-order valence-electron chi connectivity index (χ0n) is 10.6. The van der Waals surface area contributed by atoms with Crippen LogP contribution < -0.4 is 5.32 Å². The summed E-state index contributed by atoms with van der Waals surface area (Å²) in [4.78, 5) is 24.2. The van der Waals surface area contributed by atoms with Gasteiger partial charge < -0.3 is 20.1 Å². The van der Waals surface area contributed by atoms with Crippen LogP contribution >= 0.6 is 0 Å². The molecule has 0 atom stereocenters. The van der Waals surface area contributed by atoms with Crippen LogP contribution in [0.15, 0.2) is 0 Å². The number of aliphatic hydroxyl groups is 1. The first-order valence-corrected chi connectivity index (χ1v) is 5.81. The number of nitrogens with one attached hydrogen (secondary N) is 1. The first-order valence-electron chi connectivity index (χ1n) is 5.81. The minimum absolute atomic E-state index is 0.0256. The van der Waals surface area contributed by atoms with Crippen LogP contribution in [0.2, 0.25) is 0 Å². The van der Waals surface area contributed by atoms with Crippen molar-refractivity contribution in [2.24, 2.45) is 0 Å². The van der Waals surface area contributed by atoms with Gasteiger partial charge in [0.25, 0.3) is 0 Å². The quantitative estimate of drug-likeness (QED) is 0.531. The largest absolute Gasteiger partial charge is 0.394 e. The number of carbonyl (C=O) groups excluding carboxylic acids is 2. The first-order chi connectivity index (χ1) is 8.11. The van der Waals surface area contributed by atoms with Gasteiger partial charge in [-0.25, -0.2) is 0 Å². The van der Waals surface area contributed by atoms with Crippen molar-refractivity contribution < 1.29 is 19.4 Å². The van der Waals surface area contributed by atoms with Crippen molar-refractivity contribution in [1.29, 1.82) is 0 Å². The summed E-state index contributed by atoms with van der Waals surface area (Å²) in [5, 5.41) is 11.1. The lowest BCUT2D eigenvalue weighted by Crippen LogP contribution is -2.39. The molecule has 0 fully saturated rings. The van der Waals surface area contributed by atoms with Crippen LogP contribution in [0.1, 0.15) is 19.8 Å². The predicted octanol–water partition coefficient (Wildman–Crippen LogP) is -0.630. The summed E-state index contributed by atoms with van der Waals surface area (Å²) in [5.74, 6) is -0.233. The predicted molar refractivity (Wildman–Crippen MR) is 63.5 cm³/mol. The lowest BCUT2D eigenvalue weighted by atomic mass is 10.3. The van der Waals surface area contributed by atoms with Crippen molar-refractivity contribution in [2.75, 3.05) is 40.0 Å². The van der Waals surface area contributed by atoms with Gasteiger partial charge in [-0.15, -0.1) is 0 Å². The van der Waals surface area contributed by atoms with Gasteiger partial charge in [0.15, 0.2) is 0 Å². The molecular weight excluding hydrogens is 224 g/mol. The van der Waals surface area contributed by atoms with Crippen LogP contribution in [0, 0.1) is 0 Å². The standard InChI is InChI=1S/C11H22N2O4/c1-3-4-11(16)13(2)9-10(15)12-5-7-17-8-6-14/h14H,3-9H2,1-2H3,(H,12,15). The van der Waals surface area contributed by atoms with Crippen molar-refractivity contribution in [3.63, 3.8) is 0 Å². The second-order valence-electron chi connectivity index (χ2n) is 3.69. The Bertz CT molecular complexity index is 234. The number of nitrogens with zero attached hydrogens (tertiary/aromatic N) is 1. The van der Waals surface area contributed by atoms with Crippen LogP contribution in [-0.2, 0) is 14.3 Å². The second kappa shape index (κ2) is 10.0. The maximum Gasteiger partial charge on any atom is 0.239 e. The van der Waals surface area contributed by atoms with E-state index in [2.05, 4.69) is 5.32 Å². The highest BCUT2D eigenvalue weighted by atomic mass is 16.5. The van der Waals surface area contributed by atoms with E-state index in [0.717, 1.165) is 6.42 Å². The molecule has 0 saturated carbocycles. The van der Waals surface area contributed by atoms with Gasteiger partial charge in [-0.2, -0.15) is 0 Å². The molecule has 0 aliphatic carbocycles. The van der Waals surface area contributed by atoms with E-state index in [-0.39, 0.29) is 31.6 Å². The summed E-state index contributed by atoms with van der Waals surface area (Å²) in [6.07, 6.45) is 1.24. The molecule has 0 rings (SSSR count). The van der Waals surface area contributed by atoms with Crippen LogP contribution in [-0.4, -0.2) is 61.8 Å². The molecule has 6 heteroatoms. The molecule has 0 radical (unpaired) electrons. The van der Waals surface area contributed by atoms with E-state index >= 15 is 0 Å². The molecule has 0 aliphatic heterocycles. The van der Waals surface area contributed by atoms with Gasteiger partial charge in [0, 0.05) is 20.0 Å². The Labute approximate surface area is 102 Å². The molecule has 17 heavy (non-hydrogen) atoms. The van der Waals surface area contributed by atoms with Crippen LogP contribution in [0.5, 0.6) is 0 Å². The average Bonchev–Trinajstić information content (AvgIpc) is 2.29. The Hall–Kier alpha value is -1.14. The number of hydrogen-bond acceptors (Lipinski definition) is 4. The number of rotatable bonds is 9. The fourth-order valence-corrected chi connectivity index (χ4v) is 1.19. The highest BCUT2D eigenvalue weighted by molar-refractivity contribution is 5.84. The van der Waals surface area contributed by atoms with E-state index in [1.54, 1.807) is 7.05 Å². The zero-order valence-corrected chi connectivity index (χ0v) is 10.6. The van der Waals surface area contributed by atoms with Crippen LogP contribution in [0.4, 0.5) is 0 Å². The second-order valence-corrected chi connectivity index (χ2v) is 3.69. The van der Waals surface area contributed by atoms with Crippen molar-refractivity contribution in [3.8, 4) is 0 Å². The molecule has 0 aromatic carbocycles. The third-order valence-electron chi connectivity index (χ3n) is 2.07. The summed E-state index contributed by atoms with van der Waals surface area (Å²) < 4.78 is 4.98. The fourth-order valence-electron chi connectivity index (χ4n) is 1.19. The topological polar surface area (TPSA) is 78.9 Å². The fraction of sp³-hybridized carbons (Fsp3) is 0.818. The van der Waals surface area contributed by atoms with E-state index in [4.69, 9.17) is 9.84 Å². The normalized spacial score (nSPS) is 10.1. The van der Waals surface area contributed by atoms with Crippen LogP contribution in [0.25, 0.3) is 0 Å². The number of aliphatic hydroxyl groups excluding tert-OH is 1. The number of amides is 2. The monoisotopic (exact) mass is 246 g/mol. The Balaban J connectivity index is 3.60. The molecule has 0 aromatic heterocycles. The summed E-state index contributed by atoms with van der Waals surface area (Å²) in [6, 6.07) is 0. The molecule has 0 bridgehead atoms. The van der Waals surface area contributed by atoms with E-state index in [1.165, 1.54) is 4.90 Å². The van der Waals surface area contributed by atoms with Gasteiger partial charge in [0.1, 0.15) is 0 Å². The Morgan fingerprint density at radius 2 is 2.06 bits per heavy atom. The Morgan fingerprint density at radius 3 is 2.65 bits per heavy atom. The average molecular weight is 246 g/mol. The molecule has 6 nitrogen and oxygen atoms in total. The van der Waals surface area contributed by atoms with E-state index < -0.39 is 0 Å². The minimum atomic E-state index is -0.204. The van der Waals surface area contributed by atoms with E-state index in [9.17, 15) is 9.59 Å². The van der Waals surface area contributed by atoms with Crippen molar-refractivity contribution in [2.45, 2.75) is 19.8 Å². The molecule has 0 saturated heterocycles. The molecule has 2 N–H and O–H groups in total. The molecule has 2 amide bonds. The summed E-state index contributed by atoms with van der Waals surface area (Å²) in [7, 11) is 1.61. The molecular formula is C11H22N2O4. The van der Waals surface area contributed by atoms with Gasteiger partial charge in [0.2, 0.25) is 11.8 Å². The van der Waals surface area contributed by atoms with Gasteiger partial charge in [-0.05, 0) is 6.42 Å². The lowest BCUT2D eigenvalue weighted by molar-refractivity contribution is -0.134. The maximum absolute atomic E-state index is 11.4. The van der Waals surface area contributed by atoms with Gasteiger partial charge >= 0.3 is 0 Å². The highest BCUT2D eigenvalue weighted by Gasteiger charge is 2.11. The molecule has 0 spiro atoms. The third kappa shape index (κ3) is 8.65. The smallest absolute Gasteiger partial charge is 0.239 e. The van der Waals surface area contributed by atoms with E-state index in [0.29, 0.717) is 19.6 Å². The first kappa shape index (κ1) is 15.9. The number of ether oxygens (including phenoxy) is 1. The summed E-state index contributed by atoms with van der Waals surface area (Å²) in [6.45, 7) is 2.98. The third-order valence-corrected chi connectivity index (χ3v) is 2.07. The van der Waals surface area contributed by atoms with Crippen molar-refractivity contribution >= 4 is 11.8 Å². The molecule has 0 aromatic rings. The number of hydrogen-bond donors (Lipinski definition) is 2. The molecule has 0 unspecified atom stereocenters.